The Kier molecular flexibility index (Phi) is 4.25. The highest BCUT2D eigenvalue weighted by molar-refractivity contribution is 7.99. The minimum absolute atomic E-state index is 0.134. The number of ketones is 1. The van der Waals surface area contributed by atoms with E-state index in [9.17, 15) is 4.79 Å². The van der Waals surface area contributed by atoms with Gasteiger partial charge in [-0.3, -0.25) is 4.79 Å². The molecule has 2 aromatic carbocycles. The molecule has 0 bridgehead atoms. The second-order valence-electron chi connectivity index (χ2n) is 5.33. The Labute approximate surface area is 134 Å². The van der Waals surface area contributed by atoms with Gasteiger partial charge in [-0.05, 0) is 31.0 Å². The molecule has 0 aliphatic heterocycles. The van der Waals surface area contributed by atoms with Crippen molar-refractivity contribution in [3.05, 3.63) is 71.3 Å². The van der Waals surface area contributed by atoms with Crippen LogP contribution < -0.4 is 0 Å². The maximum Gasteiger partial charge on any atom is 0.173 e. The number of rotatable bonds is 4. The van der Waals surface area contributed by atoms with E-state index in [0.717, 1.165) is 21.7 Å². The van der Waals surface area contributed by atoms with Gasteiger partial charge in [0.1, 0.15) is 0 Å². The second kappa shape index (κ2) is 6.32. The lowest BCUT2D eigenvalue weighted by atomic mass is 10.1. The van der Waals surface area contributed by atoms with Crippen molar-refractivity contribution in [2.45, 2.75) is 18.9 Å². The van der Waals surface area contributed by atoms with Crippen LogP contribution in [0, 0.1) is 13.8 Å². The fraction of sp³-hybridized carbons (Fsp3) is 0.158. The van der Waals surface area contributed by atoms with Crippen LogP contribution in [-0.4, -0.2) is 16.5 Å². The highest BCUT2D eigenvalue weighted by atomic mass is 32.2. The first kappa shape index (κ1) is 14.8. The number of para-hydroxylation sites is 1. The lowest BCUT2D eigenvalue weighted by molar-refractivity contribution is 0.102. The molecule has 22 heavy (non-hydrogen) atoms. The molecule has 0 saturated carbocycles. The van der Waals surface area contributed by atoms with Crippen molar-refractivity contribution >= 4 is 28.4 Å². The van der Waals surface area contributed by atoms with E-state index >= 15 is 0 Å². The number of Topliss-reactive ketones (excluding diaryl/α,β-unsaturated/α-hetero) is 1. The van der Waals surface area contributed by atoms with Crippen LogP contribution in [0.25, 0.3) is 10.9 Å². The van der Waals surface area contributed by atoms with Crippen LogP contribution >= 0.6 is 11.8 Å². The average molecular weight is 307 g/mol. The summed E-state index contributed by atoms with van der Waals surface area (Å²) in [5.41, 5.74) is 4.14. The first-order chi connectivity index (χ1) is 10.6. The molecule has 1 aromatic heterocycles. The van der Waals surface area contributed by atoms with Crippen LogP contribution in [0.5, 0.6) is 0 Å². The predicted molar refractivity (Wildman–Crippen MR) is 92.7 cm³/mol. The average Bonchev–Trinajstić information content (AvgIpc) is 2.54. The van der Waals surface area contributed by atoms with Gasteiger partial charge in [-0.2, -0.15) is 0 Å². The second-order valence-corrected chi connectivity index (χ2v) is 6.32. The Morgan fingerprint density at radius 1 is 1.00 bits per heavy atom. The van der Waals surface area contributed by atoms with E-state index in [0.29, 0.717) is 5.75 Å². The molecule has 2 nitrogen and oxygen atoms in total. The molecule has 110 valence electrons. The maximum atomic E-state index is 12.2. The molecular formula is C19H17NOS. The van der Waals surface area contributed by atoms with Gasteiger partial charge in [0.05, 0.1) is 16.3 Å². The Morgan fingerprint density at radius 2 is 1.77 bits per heavy atom. The van der Waals surface area contributed by atoms with Crippen molar-refractivity contribution in [2.24, 2.45) is 0 Å². The number of thioether (sulfide) groups is 1. The molecule has 0 amide bonds. The Bertz CT molecular complexity index is 827. The molecule has 0 unspecified atom stereocenters. The fourth-order valence-corrected chi connectivity index (χ4v) is 3.31. The van der Waals surface area contributed by atoms with E-state index in [4.69, 9.17) is 4.98 Å². The number of hydrogen-bond donors (Lipinski definition) is 0. The standard InChI is InChI=1S/C19H17NOS/c1-13-7-6-10-16-14(2)11-18(20-19(13)16)22-12-17(21)15-8-4-3-5-9-15/h3-11H,12H2,1-2H3. The van der Waals surface area contributed by atoms with Crippen molar-refractivity contribution in [3.63, 3.8) is 0 Å². The third-order valence-corrected chi connectivity index (χ3v) is 4.58. The van der Waals surface area contributed by atoms with Gasteiger partial charge >= 0.3 is 0 Å². The summed E-state index contributed by atoms with van der Waals surface area (Å²) in [6, 6.07) is 17.7. The van der Waals surface area contributed by atoms with E-state index in [-0.39, 0.29) is 5.78 Å². The normalized spacial score (nSPS) is 10.8. The molecule has 0 spiro atoms. The third-order valence-electron chi connectivity index (χ3n) is 3.67. The van der Waals surface area contributed by atoms with Gasteiger partial charge in [-0.15, -0.1) is 0 Å². The number of aromatic nitrogens is 1. The molecule has 0 fully saturated rings. The molecule has 0 N–H and O–H groups in total. The first-order valence-corrected chi connectivity index (χ1v) is 8.22. The van der Waals surface area contributed by atoms with Crippen molar-refractivity contribution in [1.82, 2.24) is 4.98 Å². The SMILES string of the molecule is Cc1cc(SCC(=O)c2ccccc2)nc2c(C)cccc12. The Morgan fingerprint density at radius 3 is 2.55 bits per heavy atom. The summed E-state index contributed by atoms with van der Waals surface area (Å²) in [4.78, 5) is 16.9. The fourth-order valence-electron chi connectivity index (χ4n) is 2.45. The summed E-state index contributed by atoms with van der Waals surface area (Å²) < 4.78 is 0. The molecular weight excluding hydrogens is 290 g/mol. The topological polar surface area (TPSA) is 30.0 Å². The zero-order valence-corrected chi connectivity index (χ0v) is 13.5. The van der Waals surface area contributed by atoms with Crippen LogP contribution in [-0.2, 0) is 0 Å². The summed E-state index contributed by atoms with van der Waals surface area (Å²) in [5.74, 6) is 0.545. The third kappa shape index (κ3) is 3.04. The highest BCUT2D eigenvalue weighted by Gasteiger charge is 2.09. The van der Waals surface area contributed by atoms with Gasteiger partial charge in [0.2, 0.25) is 0 Å². The zero-order valence-electron chi connectivity index (χ0n) is 12.7. The van der Waals surface area contributed by atoms with E-state index in [1.807, 2.05) is 30.3 Å². The molecule has 0 aliphatic rings. The van der Waals surface area contributed by atoms with Crippen molar-refractivity contribution in [3.8, 4) is 0 Å². The van der Waals surface area contributed by atoms with Crippen molar-refractivity contribution in [2.75, 3.05) is 5.75 Å². The Balaban J connectivity index is 1.83. The monoisotopic (exact) mass is 307 g/mol. The Hall–Kier alpha value is -2.13. The quantitative estimate of drug-likeness (QED) is 0.511. The lowest BCUT2D eigenvalue weighted by Gasteiger charge is -2.08. The van der Waals surface area contributed by atoms with Crippen LogP contribution in [0.1, 0.15) is 21.5 Å². The number of pyridine rings is 1. The van der Waals surface area contributed by atoms with E-state index in [1.165, 1.54) is 22.7 Å². The number of fused-ring (bicyclic) bond motifs is 1. The summed E-state index contributed by atoms with van der Waals surface area (Å²) in [6.45, 7) is 4.16. The van der Waals surface area contributed by atoms with E-state index in [2.05, 4.69) is 38.1 Å². The molecule has 0 atom stereocenters. The minimum Gasteiger partial charge on any atom is -0.293 e. The van der Waals surface area contributed by atoms with Gasteiger partial charge in [0, 0.05) is 10.9 Å². The van der Waals surface area contributed by atoms with Gasteiger partial charge in [0.15, 0.2) is 5.78 Å². The number of benzene rings is 2. The lowest BCUT2D eigenvalue weighted by Crippen LogP contribution is -2.02. The molecule has 0 saturated heterocycles. The van der Waals surface area contributed by atoms with Gasteiger partial charge in [0.25, 0.3) is 0 Å². The van der Waals surface area contributed by atoms with Crippen LogP contribution in [0.2, 0.25) is 0 Å². The predicted octanol–water partition coefficient (Wildman–Crippen LogP) is 4.83. The smallest absolute Gasteiger partial charge is 0.173 e. The summed E-state index contributed by atoms with van der Waals surface area (Å²) in [6.07, 6.45) is 0. The van der Waals surface area contributed by atoms with Crippen molar-refractivity contribution < 1.29 is 4.79 Å². The summed E-state index contributed by atoms with van der Waals surface area (Å²) >= 11 is 1.50. The van der Waals surface area contributed by atoms with E-state index in [1.54, 1.807) is 0 Å². The summed E-state index contributed by atoms with van der Waals surface area (Å²) in [7, 11) is 0. The van der Waals surface area contributed by atoms with Crippen LogP contribution in [0.15, 0.2) is 59.6 Å². The molecule has 3 rings (SSSR count). The molecule has 0 aliphatic carbocycles. The molecule has 1 heterocycles. The zero-order chi connectivity index (χ0) is 15.5. The summed E-state index contributed by atoms with van der Waals surface area (Å²) in [5, 5.41) is 2.09. The minimum atomic E-state index is 0.134. The van der Waals surface area contributed by atoms with Crippen LogP contribution in [0.3, 0.4) is 0 Å². The first-order valence-electron chi connectivity index (χ1n) is 7.23. The number of nitrogens with zero attached hydrogens (tertiary/aromatic N) is 1. The number of aryl methyl sites for hydroxylation is 2. The van der Waals surface area contributed by atoms with Crippen molar-refractivity contribution in [1.29, 1.82) is 0 Å². The van der Waals surface area contributed by atoms with Crippen LogP contribution in [0.4, 0.5) is 0 Å². The maximum absolute atomic E-state index is 12.2. The molecule has 3 aromatic rings. The molecule has 0 radical (unpaired) electrons. The number of carbonyl (C=O) groups excluding carboxylic acids is 1. The highest BCUT2D eigenvalue weighted by Crippen LogP contribution is 2.26. The largest absolute Gasteiger partial charge is 0.293 e. The number of hydrogen-bond acceptors (Lipinski definition) is 3. The van der Waals surface area contributed by atoms with E-state index < -0.39 is 0 Å². The number of carbonyl (C=O) groups is 1. The van der Waals surface area contributed by atoms with Gasteiger partial charge in [-0.1, -0.05) is 60.3 Å². The van der Waals surface area contributed by atoms with Gasteiger partial charge < -0.3 is 0 Å². The van der Waals surface area contributed by atoms with Gasteiger partial charge in [-0.25, -0.2) is 4.98 Å². The molecule has 3 heteroatoms.